The van der Waals surface area contributed by atoms with Crippen molar-refractivity contribution in [1.82, 2.24) is 0 Å². The van der Waals surface area contributed by atoms with E-state index in [4.69, 9.17) is 4.74 Å². The number of carbonyl (C=O) groups is 1. The van der Waals surface area contributed by atoms with E-state index in [0.717, 1.165) is 21.9 Å². The molecule has 0 unspecified atom stereocenters. The Morgan fingerprint density at radius 1 is 1.05 bits per heavy atom. The molecule has 4 heteroatoms. The fraction of sp³-hybridized carbons (Fsp3) is 0.0588. The van der Waals surface area contributed by atoms with Crippen LogP contribution in [0.4, 0.5) is 0 Å². The highest BCUT2D eigenvalue weighted by atomic mass is 32.2. The number of benzene rings is 2. The van der Waals surface area contributed by atoms with Crippen LogP contribution in [0.25, 0.3) is 6.08 Å². The monoisotopic (exact) mass is 295 g/mol. The van der Waals surface area contributed by atoms with Crippen molar-refractivity contribution >= 4 is 28.0 Å². The van der Waals surface area contributed by atoms with E-state index in [1.54, 1.807) is 13.2 Å². The highest BCUT2D eigenvalue weighted by Gasteiger charge is 2.22. The third-order valence-electron chi connectivity index (χ3n) is 3.06. The maximum atomic E-state index is 12.0. The molecule has 0 radical (unpaired) electrons. The highest BCUT2D eigenvalue weighted by Crippen LogP contribution is 2.29. The maximum absolute atomic E-state index is 12.0. The molecule has 21 heavy (non-hydrogen) atoms. The summed E-state index contributed by atoms with van der Waals surface area (Å²) in [7, 11) is 1.63. The highest BCUT2D eigenvalue weighted by molar-refractivity contribution is 8.27. The molecule has 0 fully saturated rings. The van der Waals surface area contributed by atoms with E-state index in [2.05, 4.69) is 4.99 Å². The van der Waals surface area contributed by atoms with Gasteiger partial charge in [0, 0.05) is 5.56 Å². The lowest BCUT2D eigenvalue weighted by atomic mass is 10.2. The Labute approximate surface area is 127 Å². The van der Waals surface area contributed by atoms with Crippen LogP contribution in [0.3, 0.4) is 0 Å². The Morgan fingerprint density at radius 2 is 1.76 bits per heavy atom. The molecule has 0 spiro atoms. The molecule has 0 atom stereocenters. The van der Waals surface area contributed by atoms with Crippen molar-refractivity contribution in [1.29, 1.82) is 0 Å². The molecule has 0 saturated heterocycles. The zero-order chi connectivity index (χ0) is 14.7. The van der Waals surface area contributed by atoms with E-state index < -0.39 is 0 Å². The molecule has 1 heterocycles. The maximum Gasteiger partial charge on any atom is 0.244 e. The molecule has 0 aliphatic carbocycles. The smallest absolute Gasteiger partial charge is 0.244 e. The van der Waals surface area contributed by atoms with E-state index in [1.165, 1.54) is 11.8 Å². The molecular weight excluding hydrogens is 282 g/mol. The number of aliphatic imine (C=N–C) groups is 1. The van der Waals surface area contributed by atoms with Crippen LogP contribution in [0, 0.1) is 0 Å². The van der Waals surface area contributed by atoms with Crippen LogP contribution in [0.5, 0.6) is 5.75 Å². The summed E-state index contributed by atoms with van der Waals surface area (Å²) in [6.07, 6.45) is 1.80. The van der Waals surface area contributed by atoms with E-state index in [9.17, 15) is 4.79 Å². The zero-order valence-electron chi connectivity index (χ0n) is 11.4. The average Bonchev–Trinajstić information content (AvgIpc) is 2.90. The van der Waals surface area contributed by atoms with E-state index in [0.29, 0.717) is 5.70 Å². The minimum absolute atomic E-state index is 0.0235. The predicted octanol–water partition coefficient (Wildman–Crippen LogP) is 3.76. The summed E-state index contributed by atoms with van der Waals surface area (Å²) >= 11 is 1.17. The minimum atomic E-state index is -0.0235. The molecule has 3 rings (SSSR count). The zero-order valence-corrected chi connectivity index (χ0v) is 12.3. The second kappa shape index (κ2) is 5.97. The molecule has 0 aromatic heterocycles. The van der Waals surface area contributed by atoms with Crippen molar-refractivity contribution < 1.29 is 9.53 Å². The van der Waals surface area contributed by atoms with Gasteiger partial charge in [0.05, 0.1) is 7.11 Å². The molecule has 0 N–H and O–H groups in total. The topological polar surface area (TPSA) is 38.7 Å². The molecule has 3 nitrogen and oxygen atoms in total. The molecule has 1 aliphatic rings. The van der Waals surface area contributed by atoms with E-state index in [-0.39, 0.29) is 5.12 Å². The van der Waals surface area contributed by atoms with Gasteiger partial charge in [-0.25, -0.2) is 4.99 Å². The van der Waals surface area contributed by atoms with Gasteiger partial charge in [0.25, 0.3) is 0 Å². The summed E-state index contributed by atoms with van der Waals surface area (Å²) < 4.78 is 5.12. The van der Waals surface area contributed by atoms with Gasteiger partial charge in [-0.15, -0.1) is 0 Å². The van der Waals surface area contributed by atoms with Gasteiger partial charge >= 0.3 is 0 Å². The number of thioether (sulfide) groups is 1. The van der Waals surface area contributed by atoms with Crippen LogP contribution in [0.15, 0.2) is 65.3 Å². The number of rotatable bonds is 3. The summed E-state index contributed by atoms with van der Waals surface area (Å²) in [5, 5.41) is 0.727. The van der Waals surface area contributed by atoms with Crippen molar-refractivity contribution in [2.45, 2.75) is 0 Å². The van der Waals surface area contributed by atoms with Gasteiger partial charge in [-0.05, 0) is 35.5 Å². The Kier molecular flexibility index (Phi) is 3.88. The standard InChI is InChI=1S/C17H13NO2S/c1-20-14-9-7-12(8-10-14)11-15-17(19)21-16(18-15)13-5-3-2-4-6-13/h2-11H,1H3. The first-order chi connectivity index (χ1) is 10.3. The van der Waals surface area contributed by atoms with Crippen LogP contribution in [-0.2, 0) is 4.79 Å². The summed E-state index contributed by atoms with van der Waals surface area (Å²) in [5.74, 6) is 0.790. The van der Waals surface area contributed by atoms with Gasteiger partial charge in [0.1, 0.15) is 16.5 Å². The van der Waals surface area contributed by atoms with Crippen LogP contribution in [0.1, 0.15) is 11.1 Å². The fourth-order valence-electron chi connectivity index (χ4n) is 1.97. The third-order valence-corrected chi connectivity index (χ3v) is 3.98. The van der Waals surface area contributed by atoms with Crippen LogP contribution in [-0.4, -0.2) is 17.3 Å². The van der Waals surface area contributed by atoms with Crippen molar-refractivity contribution in [2.24, 2.45) is 4.99 Å². The first-order valence-electron chi connectivity index (χ1n) is 6.48. The molecule has 2 aromatic carbocycles. The average molecular weight is 295 g/mol. The van der Waals surface area contributed by atoms with Crippen molar-refractivity contribution in [3.05, 3.63) is 71.4 Å². The Bertz CT molecular complexity index is 718. The fourth-order valence-corrected chi connectivity index (χ4v) is 2.75. The van der Waals surface area contributed by atoms with Gasteiger partial charge in [-0.2, -0.15) is 0 Å². The molecule has 2 aromatic rings. The predicted molar refractivity (Wildman–Crippen MR) is 86.5 cm³/mol. The van der Waals surface area contributed by atoms with Crippen molar-refractivity contribution in [2.75, 3.05) is 7.11 Å². The number of nitrogens with zero attached hydrogens (tertiary/aromatic N) is 1. The number of methoxy groups -OCH3 is 1. The summed E-state index contributed by atoms with van der Waals surface area (Å²) in [5.41, 5.74) is 2.37. The van der Waals surface area contributed by atoms with Gasteiger partial charge < -0.3 is 4.74 Å². The van der Waals surface area contributed by atoms with Gasteiger partial charge in [-0.3, -0.25) is 4.79 Å². The molecule has 0 saturated carbocycles. The van der Waals surface area contributed by atoms with Crippen LogP contribution < -0.4 is 4.74 Å². The molecule has 1 aliphatic heterocycles. The number of ether oxygens (including phenoxy) is 1. The lowest BCUT2D eigenvalue weighted by Crippen LogP contribution is -1.91. The van der Waals surface area contributed by atoms with E-state index in [1.807, 2.05) is 54.6 Å². The number of carbonyl (C=O) groups excluding carboxylic acids is 1. The summed E-state index contributed by atoms with van der Waals surface area (Å²) in [6.45, 7) is 0. The van der Waals surface area contributed by atoms with Crippen LogP contribution in [0.2, 0.25) is 0 Å². The largest absolute Gasteiger partial charge is 0.497 e. The molecule has 0 bridgehead atoms. The van der Waals surface area contributed by atoms with Crippen molar-refractivity contribution in [3.8, 4) is 5.75 Å². The molecule has 104 valence electrons. The normalized spacial score (nSPS) is 16.1. The van der Waals surface area contributed by atoms with E-state index >= 15 is 0 Å². The van der Waals surface area contributed by atoms with Crippen LogP contribution >= 0.6 is 11.8 Å². The van der Waals surface area contributed by atoms with Gasteiger partial charge in [0.15, 0.2) is 0 Å². The SMILES string of the molecule is COc1ccc(C=C2N=C(c3ccccc3)SC2=O)cc1. The Morgan fingerprint density at radius 3 is 2.43 bits per heavy atom. The summed E-state index contributed by atoms with van der Waals surface area (Å²) in [6, 6.07) is 17.3. The lowest BCUT2D eigenvalue weighted by molar-refractivity contribution is -0.107. The minimum Gasteiger partial charge on any atom is -0.497 e. The van der Waals surface area contributed by atoms with Gasteiger partial charge in [-0.1, -0.05) is 42.5 Å². The second-order valence-electron chi connectivity index (χ2n) is 4.48. The Balaban J connectivity index is 1.89. The second-order valence-corrected chi connectivity index (χ2v) is 5.44. The first-order valence-corrected chi connectivity index (χ1v) is 7.30. The first kappa shape index (κ1) is 13.6. The number of hydrogen-bond donors (Lipinski definition) is 0. The quantitative estimate of drug-likeness (QED) is 0.809. The summed E-state index contributed by atoms with van der Waals surface area (Å²) in [4.78, 5) is 16.5. The van der Waals surface area contributed by atoms with Crippen molar-refractivity contribution in [3.63, 3.8) is 0 Å². The third kappa shape index (κ3) is 3.06. The molecule has 0 amide bonds. The molecular formula is C17H13NO2S. The number of hydrogen-bond acceptors (Lipinski definition) is 4. The lowest BCUT2D eigenvalue weighted by Gasteiger charge is -1.99. The Hall–Kier alpha value is -2.33. The van der Waals surface area contributed by atoms with Gasteiger partial charge in [0.2, 0.25) is 5.12 Å².